The van der Waals surface area contributed by atoms with Crippen molar-refractivity contribution in [2.75, 3.05) is 18.9 Å². The number of carbonyl (C=O) groups is 1. The number of thiazole rings is 1. The van der Waals surface area contributed by atoms with E-state index in [2.05, 4.69) is 23.3 Å². The highest BCUT2D eigenvalue weighted by atomic mass is 32.1. The third-order valence-electron chi connectivity index (χ3n) is 5.22. The Labute approximate surface area is 183 Å². The zero-order chi connectivity index (χ0) is 20.5. The van der Waals surface area contributed by atoms with Crippen LogP contribution in [0.2, 0.25) is 0 Å². The van der Waals surface area contributed by atoms with Crippen LogP contribution in [0.1, 0.15) is 16.0 Å². The second-order valence-electron chi connectivity index (χ2n) is 7.42. The molecule has 1 amide bonds. The number of para-hydroxylation sites is 1. The fraction of sp³-hybridized carbons (Fsp3) is 0.167. The summed E-state index contributed by atoms with van der Waals surface area (Å²) in [5.41, 5.74) is 4.45. The molecule has 30 heavy (non-hydrogen) atoms. The van der Waals surface area contributed by atoms with Crippen LogP contribution < -0.4 is 5.32 Å². The molecule has 0 bridgehead atoms. The van der Waals surface area contributed by atoms with E-state index in [-0.39, 0.29) is 5.91 Å². The Kier molecular flexibility index (Phi) is 5.21. The quantitative estimate of drug-likeness (QED) is 0.424. The largest absolute Gasteiger partial charge is 0.313 e. The van der Waals surface area contributed by atoms with E-state index in [9.17, 15) is 4.79 Å². The first-order chi connectivity index (χ1) is 14.7. The molecule has 0 fully saturated rings. The Balaban J connectivity index is 1.51. The predicted octanol–water partition coefficient (Wildman–Crippen LogP) is 5.66. The van der Waals surface area contributed by atoms with E-state index in [0.29, 0.717) is 0 Å². The molecule has 5 rings (SSSR count). The number of anilines is 1. The standard InChI is InChI=1S/C24H21N3OS2/c1-27-14-13-17-20(15-27)30-24(26-21(28)12-11-16-7-3-2-4-8-16)22(17)23-25-18-9-5-6-10-19(18)29-23/h2-12H,13-15H2,1H3,(H,26,28). The lowest BCUT2D eigenvalue weighted by atomic mass is 10.0. The first kappa shape index (κ1) is 19.2. The van der Waals surface area contributed by atoms with Crippen molar-refractivity contribution in [3.8, 4) is 10.6 Å². The number of aromatic nitrogens is 1. The number of likely N-dealkylation sites (N-methyl/N-ethyl adjacent to an activating group) is 1. The topological polar surface area (TPSA) is 45.2 Å². The smallest absolute Gasteiger partial charge is 0.249 e. The van der Waals surface area contributed by atoms with Gasteiger partial charge in [-0.15, -0.1) is 22.7 Å². The van der Waals surface area contributed by atoms with Crippen LogP contribution in [0.5, 0.6) is 0 Å². The van der Waals surface area contributed by atoms with Gasteiger partial charge in [0.1, 0.15) is 10.0 Å². The van der Waals surface area contributed by atoms with Gasteiger partial charge in [0.25, 0.3) is 0 Å². The molecule has 0 saturated carbocycles. The zero-order valence-electron chi connectivity index (χ0n) is 16.6. The minimum Gasteiger partial charge on any atom is -0.313 e. The molecule has 1 N–H and O–H groups in total. The molecule has 1 aliphatic heterocycles. The highest BCUT2D eigenvalue weighted by Crippen LogP contribution is 2.45. The molecule has 0 spiro atoms. The monoisotopic (exact) mass is 431 g/mol. The Bertz CT molecular complexity index is 1210. The molecule has 0 saturated heterocycles. The molecule has 0 atom stereocenters. The maximum Gasteiger partial charge on any atom is 0.249 e. The number of benzene rings is 2. The summed E-state index contributed by atoms with van der Waals surface area (Å²) in [6.07, 6.45) is 4.42. The van der Waals surface area contributed by atoms with Crippen LogP contribution in [0.25, 0.3) is 26.9 Å². The molecule has 3 heterocycles. The van der Waals surface area contributed by atoms with Gasteiger partial charge >= 0.3 is 0 Å². The summed E-state index contributed by atoms with van der Waals surface area (Å²) < 4.78 is 1.17. The first-order valence-corrected chi connectivity index (χ1v) is 11.5. The highest BCUT2D eigenvalue weighted by molar-refractivity contribution is 7.22. The summed E-state index contributed by atoms with van der Waals surface area (Å²) in [6, 6.07) is 18.1. The first-order valence-electron chi connectivity index (χ1n) is 9.90. The third kappa shape index (κ3) is 3.81. The Morgan fingerprint density at radius 1 is 1.10 bits per heavy atom. The zero-order valence-corrected chi connectivity index (χ0v) is 18.2. The molecule has 4 aromatic rings. The minimum atomic E-state index is -0.117. The van der Waals surface area contributed by atoms with Crippen LogP contribution in [-0.2, 0) is 17.8 Å². The molecule has 6 heteroatoms. The summed E-state index contributed by atoms with van der Waals surface area (Å²) >= 11 is 3.37. The lowest BCUT2D eigenvalue weighted by Crippen LogP contribution is -2.25. The van der Waals surface area contributed by atoms with Crippen LogP contribution in [0.15, 0.2) is 60.7 Å². The molecule has 2 aromatic carbocycles. The van der Waals surface area contributed by atoms with E-state index in [4.69, 9.17) is 4.98 Å². The second kappa shape index (κ2) is 8.14. The van der Waals surface area contributed by atoms with Crippen molar-refractivity contribution in [3.05, 3.63) is 76.7 Å². The Hall–Kier alpha value is -2.80. The predicted molar refractivity (Wildman–Crippen MR) is 127 cm³/mol. The number of nitrogens with one attached hydrogen (secondary N) is 1. The van der Waals surface area contributed by atoms with E-state index < -0.39 is 0 Å². The maximum absolute atomic E-state index is 12.7. The molecule has 0 radical (unpaired) electrons. The molecule has 1 aliphatic rings. The SMILES string of the molecule is CN1CCc2c(sc(NC(=O)C=Cc3ccccc3)c2-c2nc3ccccc3s2)C1. The van der Waals surface area contributed by atoms with Gasteiger partial charge in [-0.1, -0.05) is 42.5 Å². The van der Waals surface area contributed by atoms with Gasteiger partial charge in [0.15, 0.2) is 0 Å². The van der Waals surface area contributed by atoms with Crippen molar-refractivity contribution in [3.63, 3.8) is 0 Å². The van der Waals surface area contributed by atoms with Crippen LogP contribution >= 0.6 is 22.7 Å². The van der Waals surface area contributed by atoms with Gasteiger partial charge in [0.05, 0.1) is 10.2 Å². The van der Waals surface area contributed by atoms with Crippen LogP contribution in [0, 0.1) is 0 Å². The molecule has 0 aliphatic carbocycles. The number of thiophene rings is 1. The number of fused-ring (bicyclic) bond motifs is 2. The van der Waals surface area contributed by atoms with Gasteiger partial charge in [0.2, 0.25) is 5.91 Å². The Morgan fingerprint density at radius 3 is 2.73 bits per heavy atom. The summed E-state index contributed by atoms with van der Waals surface area (Å²) in [7, 11) is 2.14. The third-order valence-corrected chi connectivity index (χ3v) is 7.41. The second-order valence-corrected chi connectivity index (χ2v) is 9.55. The minimum absolute atomic E-state index is 0.117. The lowest BCUT2D eigenvalue weighted by Gasteiger charge is -2.22. The molecular formula is C24H21N3OS2. The van der Waals surface area contributed by atoms with Crippen LogP contribution in [0.4, 0.5) is 5.00 Å². The van der Waals surface area contributed by atoms with Gasteiger partial charge in [0, 0.05) is 29.6 Å². The summed E-state index contributed by atoms with van der Waals surface area (Å²) in [6.45, 7) is 1.93. The van der Waals surface area contributed by atoms with Crippen molar-refractivity contribution in [1.82, 2.24) is 9.88 Å². The van der Waals surface area contributed by atoms with Crippen molar-refractivity contribution < 1.29 is 4.79 Å². The molecule has 2 aromatic heterocycles. The van der Waals surface area contributed by atoms with Gasteiger partial charge in [-0.2, -0.15) is 0 Å². The lowest BCUT2D eigenvalue weighted by molar-refractivity contribution is -0.111. The van der Waals surface area contributed by atoms with Gasteiger partial charge < -0.3 is 10.2 Å². The number of carbonyl (C=O) groups excluding carboxylic acids is 1. The Morgan fingerprint density at radius 2 is 1.90 bits per heavy atom. The van der Waals surface area contributed by atoms with Gasteiger partial charge in [-0.3, -0.25) is 4.79 Å². The number of amides is 1. The van der Waals surface area contributed by atoms with Crippen LogP contribution in [0.3, 0.4) is 0 Å². The van der Waals surface area contributed by atoms with E-state index in [1.165, 1.54) is 15.1 Å². The van der Waals surface area contributed by atoms with E-state index in [1.54, 1.807) is 28.7 Å². The number of nitrogens with zero attached hydrogens (tertiary/aromatic N) is 2. The fourth-order valence-electron chi connectivity index (χ4n) is 3.71. The van der Waals surface area contributed by atoms with Crippen molar-refractivity contribution in [2.45, 2.75) is 13.0 Å². The summed E-state index contributed by atoms with van der Waals surface area (Å²) in [4.78, 5) is 21.2. The molecule has 0 unspecified atom stereocenters. The van der Waals surface area contributed by atoms with Crippen molar-refractivity contribution in [2.24, 2.45) is 0 Å². The molecular weight excluding hydrogens is 410 g/mol. The van der Waals surface area contributed by atoms with Gasteiger partial charge in [-0.05, 0) is 42.8 Å². The highest BCUT2D eigenvalue weighted by Gasteiger charge is 2.26. The van der Waals surface area contributed by atoms with Crippen LogP contribution in [-0.4, -0.2) is 29.4 Å². The fourth-order valence-corrected chi connectivity index (χ4v) is 6.16. The normalized spacial score (nSPS) is 14.3. The van der Waals surface area contributed by atoms with Gasteiger partial charge in [-0.25, -0.2) is 4.98 Å². The number of hydrogen-bond acceptors (Lipinski definition) is 5. The van der Waals surface area contributed by atoms with E-state index in [1.807, 2.05) is 54.6 Å². The maximum atomic E-state index is 12.7. The van der Waals surface area contributed by atoms with E-state index >= 15 is 0 Å². The van der Waals surface area contributed by atoms with Crippen molar-refractivity contribution in [1.29, 1.82) is 0 Å². The molecule has 150 valence electrons. The average molecular weight is 432 g/mol. The number of hydrogen-bond donors (Lipinski definition) is 1. The molecule has 4 nitrogen and oxygen atoms in total. The van der Waals surface area contributed by atoms with Crippen molar-refractivity contribution >= 4 is 49.9 Å². The van der Waals surface area contributed by atoms with E-state index in [0.717, 1.165) is 46.2 Å². The summed E-state index contributed by atoms with van der Waals surface area (Å²) in [5, 5.41) is 5.02. The summed E-state index contributed by atoms with van der Waals surface area (Å²) in [5.74, 6) is -0.117. The average Bonchev–Trinajstić information content (AvgIpc) is 3.33. The number of rotatable bonds is 4.